The standard InChI is InChI=1S/C20H29N5O3/c1-10(2)9-25-17-16(19(27)24-20(25)28)13(7-15(23-17)11(3)4)18(26)22-8-14(21)12-5-6-12/h7,10-12,14H,5-6,8-9,21H2,1-4H3,(H,22,26)(H,24,27,28). The molecule has 0 bridgehead atoms. The van der Waals surface area contributed by atoms with E-state index >= 15 is 0 Å². The average molecular weight is 387 g/mol. The molecule has 1 saturated carbocycles. The number of carbonyl (C=O) groups is 1. The van der Waals surface area contributed by atoms with Crippen molar-refractivity contribution in [2.24, 2.45) is 17.6 Å². The van der Waals surface area contributed by atoms with Crippen LogP contribution in [-0.2, 0) is 6.54 Å². The fraction of sp³-hybridized carbons (Fsp3) is 0.600. The predicted molar refractivity (Wildman–Crippen MR) is 109 cm³/mol. The zero-order valence-corrected chi connectivity index (χ0v) is 16.9. The number of amides is 1. The van der Waals surface area contributed by atoms with Crippen molar-refractivity contribution in [3.05, 3.63) is 38.2 Å². The van der Waals surface area contributed by atoms with Crippen LogP contribution >= 0.6 is 0 Å². The molecule has 28 heavy (non-hydrogen) atoms. The van der Waals surface area contributed by atoms with Gasteiger partial charge in [-0.05, 0) is 36.7 Å². The molecular formula is C20H29N5O3. The van der Waals surface area contributed by atoms with Crippen LogP contribution < -0.4 is 22.3 Å². The van der Waals surface area contributed by atoms with Gasteiger partial charge in [0.05, 0.1) is 10.9 Å². The first-order valence-corrected chi connectivity index (χ1v) is 9.90. The summed E-state index contributed by atoms with van der Waals surface area (Å²) in [6.45, 7) is 8.61. The molecule has 1 fully saturated rings. The number of fused-ring (bicyclic) bond motifs is 1. The van der Waals surface area contributed by atoms with Crippen molar-refractivity contribution in [3.63, 3.8) is 0 Å². The summed E-state index contributed by atoms with van der Waals surface area (Å²) in [5.41, 5.74) is 6.12. The van der Waals surface area contributed by atoms with Crippen LogP contribution in [0.25, 0.3) is 11.0 Å². The summed E-state index contributed by atoms with van der Waals surface area (Å²) < 4.78 is 1.44. The van der Waals surface area contributed by atoms with E-state index in [1.807, 2.05) is 27.7 Å². The number of carbonyl (C=O) groups excluding carboxylic acids is 1. The monoisotopic (exact) mass is 387 g/mol. The van der Waals surface area contributed by atoms with E-state index in [1.165, 1.54) is 4.57 Å². The molecule has 1 amide bonds. The lowest BCUT2D eigenvalue weighted by molar-refractivity contribution is 0.0951. The van der Waals surface area contributed by atoms with Crippen molar-refractivity contribution in [2.75, 3.05) is 6.54 Å². The first kappa shape index (κ1) is 20.3. The maximum absolute atomic E-state index is 12.9. The van der Waals surface area contributed by atoms with Crippen LogP contribution in [0.15, 0.2) is 15.7 Å². The molecule has 1 unspecified atom stereocenters. The summed E-state index contributed by atoms with van der Waals surface area (Å²) in [7, 11) is 0. The third-order valence-corrected chi connectivity index (χ3v) is 5.08. The second-order valence-corrected chi connectivity index (χ2v) is 8.42. The lowest BCUT2D eigenvalue weighted by Crippen LogP contribution is -2.39. The highest BCUT2D eigenvalue weighted by Crippen LogP contribution is 2.31. The minimum atomic E-state index is -0.598. The molecular weight excluding hydrogens is 358 g/mol. The predicted octanol–water partition coefficient (Wildman–Crippen LogP) is 1.33. The van der Waals surface area contributed by atoms with Gasteiger partial charge in [-0.1, -0.05) is 27.7 Å². The molecule has 8 nitrogen and oxygen atoms in total. The maximum atomic E-state index is 12.9. The summed E-state index contributed by atoms with van der Waals surface area (Å²) >= 11 is 0. The third kappa shape index (κ3) is 4.16. The number of pyridine rings is 1. The third-order valence-electron chi connectivity index (χ3n) is 5.08. The molecule has 1 aliphatic rings. The molecule has 2 aromatic heterocycles. The van der Waals surface area contributed by atoms with Gasteiger partial charge >= 0.3 is 5.69 Å². The number of hydrogen-bond donors (Lipinski definition) is 3. The number of nitrogens with one attached hydrogen (secondary N) is 2. The Morgan fingerprint density at radius 1 is 1.32 bits per heavy atom. The van der Waals surface area contributed by atoms with E-state index in [1.54, 1.807) is 6.07 Å². The number of aromatic amines is 1. The van der Waals surface area contributed by atoms with Gasteiger partial charge in [-0.25, -0.2) is 9.78 Å². The molecule has 0 radical (unpaired) electrons. The number of nitrogens with zero attached hydrogens (tertiary/aromatic N) is 2. The van der Waals surface area contributed by atoms with Crippen LogP contribution in [0.2, 0.25) is 0 Å². The van der Waals surface area contributed by atoms with Gasteiger partial charge in [0.25, 0.3) is 11.5 Å². The molecule has 2 heterocycles. The molecule has 1 aliphatic carbocycles. The summed E-state index contributed by atoms with van der Waals surface area (Å²) in [6, 6.07) is 1.56. The van der Waals surface area contributed by atoms with Crippen molar-refractivity contribution in [1.29, 1.82) is 0 Å². The number of H-pyrrole nitrogens is 1. The van der Waals surface area contributed by atoms with E-state index in [9.17, 15) is 14.4 Å². The Morgan fingerprint density at radius 2 is 2.00 bits per heavy atom. The van der Waals surface area contributed by atoms with E-state index in [2.05, 4.69) is 15.3 Å². The Hall–Kier alpha value is -2.48. The fourth-order valence-corrected chi connectivity index (χ4v) is 3.30. The van der Waals surface area contributed by atoms with Crippen molar-refractivity contribution >= 4 is 16.9 Å². The summed E-state index contributed by atoms with van der Waals surface area (Å²) in [6.07, 6.45) is 2.18. The molecule has 0 aliphatic heterocycles. The van der Waals surface area contributed by atoms with E-state index in [0.717, 1.165) is 12.8 Å². The number of hydrogen-bond acceptors (Lipinski definition) is 5. The first-order chi connectivity index (χ1) is 13.2. The zero-order chi connectivity index (χ0) is 20.6. The zero-order valence-electron chi connectivity index (χ0n) is 16.9. The highest BCUT2D eigenvalue weighted by atomic mass is 16.2. The maximum Gasteiger partial charge on any atom is 0.330 e. The molecule has 0 saturated heterocycles. The van der Waals surface area contributed by atoms with Crippen molar-refractivity contribution in [1.82, 2.24) is 19.9 Å². The van der Waals surface area contributed by atoms with Crippen molar-refractivity contribution in [2.45, 2.75) is 59.0 Å². The van der Waals surface area contributed by atoms with Crippen molar-refractivity contribution < 1.29 is 4.79 Å². The minimum absolute atomic E-state index is 0.0339. The Morgan fingerprint density at radius 3 is 2.57 bits per heavy atom. The first-order valence-electron chi connectivity index (χ1n) is 9.90. The van der Waals surface area contributed by atoms with Gasteiger partial charge in [-0.2, -0.15) is 0 Å². The fourth-order valence-electron chi connectivity index (χ4n) is 3.30. The Labute approximate surface area is 163 Å². The highest BCUT2D eigenvalue weighted by molar-refractivity contribution is 6.05. The minimum Gasteiger partial charge on any atom is -0.350 e. The van der Waals surface area contributed by atoms with Gasteiger partial charge in [-0.3, -0.25) is 19.1 Å². The number of nitrogens with two attached hydrogens (primary N) is 1. The van der Waals surface area contributed by atoms with Crippen LogP contribution in [0.3, 0.4) is 0 Å². The molecule has 0 spiro atoms. The Balaban J connectivity index is 2.13. The largest absolute Gasteiger partial charge is 0.350 e. The van der Waals surface area contributed by atoms with E-state index < -0.39 is 11.2 Å². The van der Waals surface area contributed by atoms with Gasteiger partial charge in [0.2, 0.25) is 0 Å². The van der Waals surface area contributed by atoms with Crippen LogP contribution in [0.5, 0.6) is 0 Å². The molecule has 1 atom stereocenters. The van der Waals surface area contributed by atoms with Gasteiger partial charge in [-0.15, -0.1) is 0 Å². The lowest BCUT2D eigenvalue weighted by atomic mass is 10.0. The normalized spacial score (nSPS) is 15.4. The molecule has 152 valence electrons. The van der Waals surface area contributed by atoms with Crippen molar-refractivity contribution in [3.8, 4) is 0 Å². The summed E-state index contributed by atoms with van der Waals surface area (Å²) in [5, 5.41) is 2.99. The smallest absolute Gasteiger partial charge is 0.330 e. The average Bonchev–Trinajstić information content (AvgIpc) is 3.46. The topological polar surface area (TPSA) is 123 Å². The number of rotatable bonds is 7. The van der Waals surface area contributed by atoms with Crippen LogP contribution in [0.1, 0.15) is 62.5 Å². The lowest BCUT2D eigenvalue weighted by Gasteiger charge is -2.17. The highest BCUT2D eigenvalue weighted by Gasteiger charge is 2.29. The van der Waals surface area contributed by atoms with Gasteiger partial charge < -0.3 is 11.1 Å². The summed E-state index contributed by atoms with van der Waals surface area (Å²) in [4.78, 5) is 44.8. The second kappa shape index (κ2) is 7.87. The molecule has 3 rings (SSSR count). The molecule has 8 heteroatoms. The molecule has 2 aromatic rings. The van der Waals surface area contributed by atoms with E-state index in [-0.39, 0.29) is 40.4 Å². The van der Waals surface area contributed by atoms with Crippen LogP contribution in [0.4, 0.5) is 0 Å². The number of aromatic nitrogens is 3. The molecule has 0 aromatic carbocycles. The van der Waals surface area contributed by atoms with Crippen LogP contribution in [0, 0.1) is 11.8 Å². The quantitative estimate of drug-likeness (QED) is 0.661. The second-order valence-electron chi connectivity index (χ2n) is 8.42. The summed E-state index contributed by atoms with van der Waals surface area (Å²) in [5.74, 6) is 0.294. The van der Waals surface area contributed by atoms with Crippen LogP contribution in [-0.4, -0.2) is 33.0 Å². The van der Waals surface area contributed by atoms with Gasteiger partial charge in [0, 0.05) is 24.8 Å². The Bertz CT molecular complexity index is 1000. The van der Waals surface area contributed by atoms with E-state index in [4.69, 9.17) is 5.73 Å². The van der Waals surface area contributed by atoms with E-state index in [0.29, 0.717) is 24.7 Å². The SMILES string of the molecule is CC(C)Cn1c(=O)[nH]c(=O)c2c(C(=O)NCC(N)C3CC3)cc(C(C)C)nc21. The molecule has 4 N–H and O–H groups in total. The van der Waals surface area contributed by atoms with Gasteiger partial charge in [0.1, 0.15) is 0 Å². The van der Waals surface area contributed by atoms with Gasteiger partial charge in [0.15, 0.2) is 5.65 Å². The Kier molecular flexibility index (Phi) is 5.69.